The van der Waals surface area contributed by atoms with Gasteiger partial charge >= 0.3 is 0 Å². The number of hydrogen-bond acceptors (Lipinski definition) is 3. The molecule has 4 nitrogen and oxygen atoms in total. The van der Waals surface area contributed by atoms with E-state index in [0.717, 1.165) is 22.5 Å². The van der Waals surface area contributed by atoms with Crippen molar-refractivity contribution in [2.75, 3.05) is 18.5 Å². The number of rotatable bonds is 3. The topological polar surface area (TPSA) is 41.3 Å². The Bertz CT molecular complexity index is 566. The molecule has 4 heteroatoms. The number of anilines is 1. The number of benzene rings is 1. The predicted octanol–water partition coefficient (Wildman–Crippen LogP) is 2.09. The maximum absolute atomic E-state index is 9.85. The molecule has 98 valence electrons. The van der Waals surface area contributed by atoms with Gasteiger partial charge in [0.15, 0.2) is 0 Å². The second kappa shape index (κ2) is 4.28. The molecule has 1 heterocycles. The van der Waals surface area contributed by atoms with Gasteiger partial charge in [-0.1, -0.05) is 0 Å². The van der Waals surface area contributed by atoms with Gasteiger partial charge in [-0.25, -0.2) is 4.98 Å². The number of imidazole rings is 1. The van der Waals surface area contributed by atoms with Gasteiger partial charge < -0.3 is 14.6 Å². The van der Waals surface area contributed by atoms with Crippen LogP contribution in [0.5, 0.6) is 0 Å². The van der Waals surface area contributed by atoms with Crippen molar-refractivity contribution in [1.29, 1.82) is 0 Å². The van der Waals surface area contributed by atoms with Gasteiger partial charge in [0.05, 0.1) is 16.6 Å². The maximum atomic E-state index is 9.85. The van der Waals surface area contributed by atoms with Gasteiger partial charge in [-0.3, -0.25) is 0 Å². The molecule has 2 aromatic rings. The van der Waals surface area contributed by atoms with Crippen molar-refractivity contribution in [3.8, 4) is 0 Å². The molecule has 0 aliphatic heterocycles. The quantitative estimate of drug-likeness (QED) is 0.903. The molecule has 2 rings (SSSR count). The summed E-state index contributed by atoms with van der Waals surface area (Å²) >= 11 is 0. The van der Waals surface area contributed by atoms with E-state index >= 15 is 0 Å². The SMILES string of the molecule is Cc1nc2cc(N(C)CC(C)(C)O)ccc2n1C. The predicted molar refractivity (Wildman–Crippen MR) is 75.0 cm³/mol. The van der Waals surface area contributed by atoms with E-state index in [4.69, 9.17) is 0 Å². The first kappa shape index (κ1) is 12.9. The summed E-state index contributed by atoms with van der Waals surface area (Å²) in [5.74, 6) is 1.01. The maximum Gasteiger partial charge on any atom is 0.106 e. The highest BCUT2D eigenvalue weighted by atomic mass is 16.3. The monoisotopic (exact) mass is 247 g/mol. The van der Waals surface area contributed by atoms with Crippen LogP contribution in [-0.2, 0) is 7.05 Å². The largest absolute Gasteiger partial charge is 0.389 e. The van der Waals surface area contributed by atoms with Gasteiger partial charge in [0.1, 0.15) is 5.82 Å². The highest BCUT2D eigenvalue weighted by Gasteiger charge is 2.16. The molecule has 0 saturated heterocycles. The van der Waals surface area contributed by atoms with Crippen molar-refractivity contribution in [3.63, 3.8) is 0 Å². The number of aromatic nitrogens is 2. The molecular formula is C14H21N3O. The first-order valence-electron chi connectivity index (χ1n) is 6.14. The summed E-state index contributed by atoms with van der Waals surface area (Å²) in [6.07, 6.45) is 0. The summed E-state index contributed by atoms with van der Waals surface area (Å²) in [5.41, 5.74) is 2.50. The molecule has 0 fully saturated rings. The lowest BCUT2D eigenvalue weighted by Crippen LogP contribution is -2.36. The minimum Gasteiger partial charge on any atom is -0.389 e. The number of hydrogen-bond donors (Lipinski definition) is 1. The summed E-state index contributed by atoms with van der Waals surface area (Å²) in [4.78, 5) is 6.57. The molecule has 0 aliphatic carbocycles. The van der Waals surface area contributed by atoms with Crippen LogP contribution in [0.2, 0.25) is 0 Å². The van der Waals surface area contributed by atoms with Gasteiger partial charge in [-0.05, 0) is 39.0 Å². The van der Waals surface area contributed by atoms with E-state index < -0.39 is 5.60 Å². The number of fused-ring (bicyclic) bond motifs is 1. The number of aryl methyl sites for hydroxylation is 2. The number of likely N-dealkylation sites (N-methyl/N-ethyl adjacent to an activating group) is 1. The third-order valence-electron chi connectivity index (χ3n) is 3.15. The first-order valence-corrected chi connectivity index (χ1v) is 6.14. The second-order valence-corrected chi connectivity index (χ2v) is 5.56. The molecule has 0 bridgehead atoms. The zero-order chi connectivity index (χ0) is 13.5. The Kier molecular flexibility index (Phi) is 3.07. The molecule has 0 amide bonds. The fourth-order valence-electron chi connectivity index (χ4n) is 2.22. The summed E-state index contributed by atoms with van der Waals surface area (Å²) in [5, 5.41) is 9.85. The summed E-state index contributed by atoms with van der Waals surface area (Å²) in [6.45, 7) is 6.21. The van der Waals surface area contributed by atoms with Crippen molar-refractivity contribution in [3.05, 3.63) is 24.0 Å². The van der Waals surface area contributed by atoms with Crippen LogP contribution >= 0.6 is 0 Å². The van der Waals surface area contributed by atoms with Crippen LogP contribution in [0.4, 0.5) is 5.69 Å². The van der Waals surface area contributed by atoms with Gasteiger partial charge in [0, 0.05) is 26.3 Å². The van der Waals surface area contributed by atoms with E-state index in [2.05, 4.69) is 27.8 Å². The third-order valence-corrected chi connectivity index (χ3v) is 3.15. The Morgan fingerprint density at radius 1 is 1.39 bits per heavy atom. The van der Waals surface area contributed by atoms with Crippen molar-refractivity contribution in [2.45, 2.75) is 26.4 Å². The fraction of sp³-hybridized carbons (Fsp3) is 0.500. The van der Waals surface area contributed by atoms with Crippen LogP contribution in [-0.4, -0.2) is 33.9 Å². The van der Waals surface area contributed by atoms with E-state index in [1.54, 1.807) is 0 Å². The lowest BCUT2D eigenvalue weighted by Gasteiger charge is -2.27. The summed E-state index contributed by atoms with van der Waals surface area (Å²) < 4.78 is 2.08. The zero-order valence-corrected chi connectivity index (χ0v) is 11.7. The molecule has 0 atom stereocenters. The van der Waals surface area contributed by atoms with E-state index in [-0.39, 0.29) is 0 Å². The Morgan fingerprint density at radius 2 is 2.06 bits per heavy atom. The molecule has 0 radical (unpaired) electrons. The van der Waals surface area contributed by atoms with Crippen LogP contribution < -0.4 is 4.90 Å². The van der Waals surface area contributed by atoms with Crippen LogP contribution in [0.1, 0.15) is 19.7 Å². The standard InChI is InChI=1S/C14H21N3O/c1-10-15-12-8-11(6-7-13(12)17(10)5)16(4)9-14(2,3)18/h6-8,18H,9H2,1-5H3. The minimum atomic E-state index is -0.705. The molecule has 0 unspecified atom stereocenters. The highest BCUT2D eigenvalue weighted by Crippen LogP contribution is 2.22. The highest BCUT2D eigenvalue weighted by molar-refractivity contribution is 5.80. The second-order valence-electron chi connectivity index (χ2n) is 5.56. The van der Waals surface area contributed by atoms with Gasteiger partial charge in [0.25, 0.3) is 0 Å². The zero-order valence-electron chi connectivity index (χ0n) is 11.7. The van der Waals surface area contributed by atoms with E-state index in [1.807, 2.05) is 39.8 Å². The summed E-state index contributed by atoms with van der Waals surface area (Å²) in [7, 11) is 4.00. The van der Waals surface area contributed by atoms with Crippen LogP contribution in [0.3, 0.4) is 0 Å². The van der Waals surface area contributed by atoms with E-state index in [1.165, 1.54) is 0 Å². The number of aliphatic hydroxyl groups is 1. The molecule has 0 spiro atoms. The van der Waals surface area contributed by atoms with Gasteiger partial charge in [-0.2, -0.15) is 0 Å². The van der Waals surface area contributed by atoms with Gasteiger partial charge in [0.2, 0.25) is 0 Å². The lowest BCUT2D eigenvalue weighted by atomic mass is 10.1. The molecule has 1 aromatic carbocycles. The van der Waals surface area contributed by atoms with Gasteiger partial charge in [-0.15, -0.1) is 0 Å². The van der Waals surface area contributed by atoms with Crippen molar-refractivity contribution in [2.24, 2.45) is 7.05 Å². The Morgan fingerprint density at radius 3 is 2.67 bits per heavy atom. The van der Waals surface area contributed by atoms with Crippen molar-refractivity contribution < 1.29 is 5.11 Å². The van der Waals surface area contributed by atoms with E-state index in [0.29, 0.717) is 6.54 Å². The van der Waals surface area contributed by atoms with Crippen molar-refractivity contribution >= 4 is 16.7 Å². The average molecular weight is 247 g/mol. The molecular weight excluding hydrogens is 226 g/mol. The minimum absolute atomic E-state index is 0.588. The molecule has 18 heavy (non-hydrogen) atoms. The first-order chi connectivity index (χ1) is 8.28. The molecule has 1 aromatic heterocycles. The molecule has 0 saturated carbocycles. The van der Waals surface area contributed by atoms with Crippen LogP contribution in [0, 0.1) is 6.92 Å². The molecule has 1 N–H and O–H groups in total. The van der Waals surface area contributed by atoms with Crippen molar-refractivity contribution in [1.82, 2.24) is 9.55 Å². The van der Waals surface area contributed by atoms with Crippen LogP contribution in [0.25, 0.3) is 11.0 Å². The normalized spacial score (nSPS) is 12.1. The van der Waals surface area contributed by atoms with E-state index in [9.17, 15) is 5.11 Å². The smallest absolute Gasteiger partial charge is 0.106 e. The third kappa shape index (κ3) is 2.48. The average Bonchev–Trinajstić information content (AvgIpc) is 2.52. The molecule has 0 aliphatic rings. The lowest BCUT2D eigenvalue weighted by molar-refractivity contribution is 0.0886. The Hall–Kier alpha value is -1.55. The summed E-state index contributed by atoms with van der Waals surface area (Å²) in [6, 6.07) is 6.20. The number of nitrogens with zero attached hydrogens (tertiary/aromatic N) is 3. The van der Waals surface area contributed by atoms with Crippen LogP contribution in [0.15, 0.2) is 18.2 Å². The Labute approximate surface area is 108 Å². The Balaban J connectivity index is 2.35. The fourth-order valence-corrected chi connectivity index (χ4v) is 2.22.